The van der Waals surface area contributed by atoms with Gasteiger partial charge in [0.2, 0.25) is 5.91 Å². The minimum Gasteiger partial charge on any atom is -0.356 e. The molecule has 25 heavy (non-hydrogen) atoms. The fraction of sp³-hybridized carbons (Fsp3) is 0.235. The predicted molar refractivity (Wildman–Crippen MR) is 97.3 cm³/mol. The average molecular weight is 364 g/mol. The van der Waals surface area contributed by atoms with Crippen LogP contribution in [0.15, 0.2) is 47.6 Å². The number of carbonyl (C=O) groups is 1. The number of hydrogen-bond acceptors (Lipinski definition) is 3. The molecule has 3 N–H and O–H groups in total. The van der Waals surface area contributed by atoms with Crippen LogP contribution in [0.3, 0.4) is 0 Å². The van der Waals surface area contributed by atoms with Crippen LogP contribution in [-0.4, -0.2) is 37.0 Å². The zero-order valence-electron chi connectivity index (χ0n) is 13.7. The number of guanidine groups is 1. The van der Waals surface area contributed by atoms with Crippen molar-refractivity contribution in [3.05, 3.63) is 59.1 Å². The highest BCUT2D eigenvalue weighted by molar-refractivity contribution is 6.29. The molecule has 0 bridgehead atoms. The molecule has 132 valence electrons. The van der Waals surface area contributed by atoms with E-state index in [1.165, 1.54) is 24.3 Å². The van der Waals surface area contributed by atoms with Crippen LogP contribution in [0.4, 0.5) is 10.1 Å². The highest BCUT2D eigenvalue weighted by Gasteiger charge is 2.04. The highest BCUT2D eigenvalue weighted by atomic mass is 35.5. The predicted octanol–water partition coefficient (Wildman–Crippen LogP) is 2.22. The molecular weight excluding hydrogens is 345 g/mol. The van der Waals surface area contributed by atoms with Gasteiger partial charge in [0.25, 0.3) is 0 Å². The normalized spacial score (nSPS) is 11.1. The van der Waals surface area contributed by atoms with E-state index in [2.05, 4.69) is 25.9 Å². The molecule has 0 radical (unpaired) electrons. The maximum absolute atomic E-state index is 12.8. The van der Waals surface area contributed by atoms with E-state index in [1.54, 1.807) is 19.3 Å². The van der Waals surface area contributed by atoms with Crippen molar-refractivity contribution in [1.82, 2.24) is 15.6 Å². The summed E-state index contributed by atoms with van der Waals surface area (Å²) >= 11 is 5.74. The second-order valence-electron chi connectivity index (χ2n) is 5.15. The summed E-state index contributed by atoms with van der Waals surface area (Å²) in [6.45, 7) is 0.669. The number of pyridine rings is 1. The SMILES string of the molecule is CN=C(NCCc1ccc(Cl)nc1)NCC(=O)Nc1ccc(F)cc1. The monoisotopic (exact) mass is 363 g/mol. The Labute approximate surface area is 150 Å². The van der Waals surface area contributed by atoms with Gasteiger partial charge in [-0.05, 0) is 42.3 Å². The van der Waals surface area contributed by atoms with Gasteiger partial charge < -0.3 is 16.0 Å². The summed E-state index contributed by atoms with van der Waals surface area (Å²) in [5.74, 6) is -0.0933. The van der Waals surface area contributed by atoms with Crippen molar-refractivity contribution in [3.8, 4) is 0 Å². The number of rotatable bonds is 6. The summed E-state index contributed by atoms with van der Waals surface area (Å²) in [5, 5.41) is 9.14. The van der Waals surface area contributed by atoms with Gasteiger partial charge in [0.1, 0.15) is 11.0 Å². The van der Waals surface area contributed by atoms with E-state index in [0.29, 0.717) is 23.3 Å². The Balaban J connectivity index is 1.71. The molecule has 1 aromatic carbocycles. The molecule has 2 rings (SSSR count). The standard InChI is InChI=1S/C17H19ClFN5O/c1-20-17(21-9-8-12-2-7-15(18)22-10-12)23-11-16(25)24-14-5-3-13(19)4-6-14/h2-7,10H,8-9,11H2,1H3,(H,24,25)(H2,20,21,23). The van der Waals surface area contributed by atoms with Gasteiger partial charge in [-0.2, -0.15) is 0 Å². The number of anilines is 1. The summed E-state index contributed by atoms with van der Waals surface area (Å²) in [4.78, 5) is 19.9. The van der Waals surface area contributed by atoms with Gasteiger partial charge in [0, 0.05) is 25.5 Å². The molecule has 0 fully saturated rings. The fourth-order valence-corrected chi connectivity index (χ4v) is 2.11. The quantitative estimate of drug-likeness (QED) is 0.418. The number of nitrogens with one attached hydrogen (secondary N) is 3. The van der Waals surface area contributed by atoms with E-state index in [-0.39, 0.29) is 18.3 Å². The van der Waals surface area contributed by atoms with Gasteiger partial charge >= 0.3 is 0 Å². The first-order valence-electron chi connectivity index (χ1n) is 7.67. The molecular formula is C17H19ClFN5O. The van der Waals surface area contributed by atoms with E-state index < -0.39 is 0 Å². The summed E-state index contributed by atoms with van der Waals surface area (Å²) in [6.07, 6.45) is 2.46. The Morgan fingerprint density at radius 1 is 1.20 bits per heavy atom. The number of nitrogens with zero attached hydrogens (tertiary/aromatic N) is 2. The largest absolute Gasteiger partial charge is 0.356 e. The number of amides is 1. The molecule has 1 heterocycles. The summed E-state index contributed by atoms with van der Waals surface area (Å²) in [5.41, 5.74) is 1.58. The highest BCUT2D eigenvalue weighted by Crippen LogP contribution is 2.07. The van der Waals surface area contributed by atoms with Crippen molar-refractivity contribution >= 4 is 29.2 Å². The zero-order valence-corrected chi connectivity index (χ0v) is 14.5. The molecule has 0 saturated carbocycles. The van der Waals surface area contributed by atoms with Crippen molar-refractivity contribution < 1.29 is 9.18 Å². The van der Waals surface area contributed by atoms with Crippen LogP contribution in [0.5, 0.6) is 0 Å². The first-order chi connectivity index (χ1) is 12.1. The number of halogens is 2. The molecule has 0 spiro atoms. The Morgan fingerprint density at radius 2 is 1.96 bits per heavy atom. The molecule has 0 aliphatic carbocycles. The molecule has 0 aliphatic heterocycles. The van der Waals surface area contributed by atoms with Gasteiger partial charge in [-0.15, -0.1) is 0 Å². The molecule has 0 atom stereocenters. The third kappa shape index (κ3) is 6.76. The van der Waals surface area contributed by atoms with Crippen molar-refractivity contribution in [2.24, 2.45) is 4.99 Å². The lowest BCUT2D eigenvalue weighted by atomic mass is 10.2. The second kappa shape index (κ2) is 9.58. The third-order valence-corrected chi connectivity index (χ3v) is 3.49. The average Bonchev–Trinajstić information content (AvgIpc) is 2.61. The van der Waals surface area contributed by atoms with Crippen molar-refractivity contribution in [2.75, 3.05) is 25.5 Å². The first kappa shape index (κ1) is 18.7. The van der Waals surface area contributed by atoms with Gasteiger partial charge in [-0.25, -0.2) is 9.37 Å². The van der Waals surface area contributed by atoms with Crippen LogP contribution in [0, 0.1) is 5.82 Å². The van der Waals surface area contributed by atoms with Crippen LogP contribution in [0.2, 0.25) is 5.15 Å². The molecule has 2 aromatic rings. The Bertz CT molecular complexity index is 719. The van der Waals surface area contributed by atoms with Gasteiger partial charge in [-0.3, -0.25) is 9.79 Å². The van der Waals surface area contributed by atoms with Crippen LogP contribution in [0.25, 0.3) is 0 Å². The molecule has 1 amide bonds. The lowest BCUT2D eigenvalue weighted by Crippen LogP contribution is -2.42. The van der Waals surface area contributed by atoms with Gasteiger partial charge in [-0.1, -0.05) is 17.7 Å². The molecule has 6 nitrogen and oxygen atoms in total. The lowest BCUT2D eigenvalue weighted by Gasteiger charge is -2.12. The van der Waals surface area contributed by atoms with E-state index in [9.17, 15) is 9.18 Å². The molecule has 1 aromatic heterocycles. The minimum absolute atomic E-state index is 0.0412. The first-order valence-corrected chi connectivity index (χ1v) is 8.05. The summed E-state index contributed by atoms with van der Waals surface area (Å²) in [7, 11) is 1.62. The number of aromatic nitrogens is 1. The van der Waals surface area contributed by atoms with Crippen LogP contribution >= 0.6 is 11.6 Å². The maximum atomic E-state index is 12.8. The van der Waals surface area contributed by atoms with Crippen molar-refractivity contribution in [1.29, 1.82) is 0 Å². The van der Waals surface area contributed by atoms with E-state index >= 15 is 0 Å². The summed E-state index contributed by atoms with van der Waals surface area (Å²) in [6, 6.07) is 9.22. The van der Waals surface area contributed by atoms with Crippen LogP contribution in [-0.2, 0) is 11.2 Å². The molecule has 0 unspecified atom stereocenters. The second-order valence-corrected chi connectivity index (χ2v) is 5.53. The Hall–Kier alpha value is -2.67. The molecule has 8 heteroatoms. The number of benzene rings is 1. The van der Waals surface area contributed by atoms with Gasteiger partial charge in [0.15, 0.2) is 5.96 Å². The van der Waals surface area contributed by atoms with E-state index in [4.69, 9.17) is 11.6 Å². The van der Waals surface area contributed by atoms with E-state index in [1.807, 2.05) is 6.07 Å². The van der Waals surface area contributed by atoms with Crippen LogP contribution < -0.4 is 16.0 Å². The third-order valence-electron chi connectivity index (χ3n) is 3.26. The van der Waals surface area contributed by atoms with E-state index in [0.717, 1.165) is 12.0 Å². The topological polar surface area (TPSA) is 78.4 Å². The van der Waals surface area contributed by atoms with Crippen molar-refractivity contribution in [3.63, 3.8) is 0 Å². The van der Waals surface area contributed by atoms with Crippen molar-refractivity contribution in [2.45, 2.75) is 6.42 Å². The van der Waals surface area contributed by atoms with Crippen LogP contribution in [0.1, 0.15) is 5.56 Å². The fourth-order valence-electron chi connectivity index (χ4n) is 2.00. The number of hydrogen-bond donors (Lipinski definition) is 3. The molecule has 0 saturated heterocycles. The minimum atomic E-state index is -0.350. The smallest absolute Gasteiger partial charge is 0.243 e. The van der Waals surface area contributed by atoms with Gasteiger partial charge in [0.05, 0.1) is 6.54 Å². The Kier molecular flexibility index (Phi) is 7.16. The number of aliphatic imine (C=N–C) groups is 1. The maximum Gasteiger partial charge on any atom is 0.243 e. The number of carbonyl (C=O) groups excluding carboxylic acids is 1. The molecule has 0 aliphatic rings. The Morgan fingerprint density at radius 3 is 2.60 bits per heavy atom. The zero-order chi connectivity index (χ0) is 18.1. The summed E-state index contributed by atoms with van der Waals surface area (Å²) < 4.78 is 12.8. The lowest BCUT2D eigenvalue weighted by molar-refractivity contribution is -0.115.